The molecule has 0 aliphatic heterocycles. The van der Waals surface area contributed by atoms with Gasteiger partial charge in [-0.3, -0.25) is 4.79 Å². The number of alkyl halides is 3. The second-order valence-corrected chi connectivity index (χ2v) is 5.51. The molecule has 1 aliphatic rings. The van der Waals surface area contributed by atoms with E-state index >= 15 is 0 Å². The van der Waals surface area contributed by atoms with Crippen molar-refractivity contribution in [1.29, 1.82) is 0 Å². The fourth-order valence-electron chi connectivity index (χ4n) is 2.20. The van der Waals surface area contributed by atoms with Gasteiger partial charge in [0.05, 0.1) is 5.92 Å². The van der Waals surface area contributed by atoms with Crippen LogP contribution in [0.25, 0.3) is 0 Å². The summed E-state index contributed by atoms with van der Waals surface area (Å²) in [7, 11) is 0. The molecule has 1 saturated carbocycles. The molecule has 2 rings (SSSR count). The standard InChI is InChI=1S/C14H19NO2.C2HF3O2/c15-13-8-6-12(7-9-13)14(16)17-10-11-4-2-1-3-5-11;3-2(4,5)1(6)7/h1-5,12-13H,6-10,15H2;(H,6,7). The van der Waals surface area contributed by atoms with Gasteiger partial charge in [-0.05, 0) is 31.2 Å². The zero-order valence-corrected chi connectivity index (χ0v) is 13.0. The Bertz CT molecular complexity index is 526. The average molecular weight is 347 g/mol. The summed E-state index contributed by atoms with van der Waals surface area (Å²) < 4.78 is 37.1. The largest absolute Gasteiger partial charge is 0.490 e. The molecule has 0 spiro atoms. The lowest BCUT2D eigenvalue weighted by atomic mass is 9.86. The highest BCUT2D eigenvalue weighted by Gasteiger charge is 2.38. The molecule has 0 saturated heterocycles. The highest BCUT2D eigenvalue weighted by molar-refractivity contribution is 5.73. The van der Waals surface area contributed by atoms with E-state index in [1.807, 2.05) is 30.3 Å². The summed E-state index contributed by atoms with van der Waals surface area (Å²) in [6, 6.07) is 10.0. The first-order chi connectivity index (χ1) is 11.2. The number of hydrogen-bond acceptors (Lipinski definition) is 4. The van der Waals surface area contributed by atoms with Gasteiger partial charge in [0.2, 0.25) is 0 Å². The molecular weight excluding hydrogens is 327 g/mol. The fraction of sp³-hybridized carbons (Fsp3) is 0.500. The molecule has 1 aromatic carbocycles. The zero-order chi connectivity index (χ0) is 18.2. The molecule has 134 valence electrons. The van der Waals surface area contributed by atoms with Gasteiger partial charge in [-0.1, -0.05) is 30.3 Å². The van der Waals surface area contributed by atoms with Crippen LogP contribution in [0.4, 0.5) is 13.2 Å². The second-order valence-electron chi connectivity index (χ2n) is 5.51. The van der Waals surface area contributed by atoms with Crippen molar-refractivity contribution in [2.24, 2.45) is 11.7 Å². The molecule has 0 aromatic heterocycles. The first kappa shape index (κ1) is 20.0. The first-order valence-electron chi connectivity index (χ1n) is 7.46. The van der Waals surface area contributed by atoms with Crippen LogP contribution in [-0.4, -0.2) is 29.3 Å². The molecule has 1 aliphatic carbocycles. The Labute approximate surface area is 137 Å². The van der Waals surface area contributed by atoms with Crippen LogP contribution >= 0.6 is 0 Å². The number of carboxylic acid groups (broad SMARTS) is 1. The normalized spacial score (nSPS) is 20.5. The molecular formula is C16H20F3NO4. The van der Waals surface area contributed by atoms with Gasteiger partial charge in [0, 0.05) is 6.04 Å². The van der Waals surface area contributed by atoms with Gasteiger partial charge in [0.1, 0.15) is 6.61 Å². The number of carbonyl (C=O) groups is 2. The molecule has 1 aromatic rings. The maximum atomic E-state index is 11.8. The Morgan fingerprint density at radius 3 is 2.08 bits per heavy atom. The Hall–Kier alpha value is -2.09. The smallest absolute Gasteiger partial charge is 0.475 e. The molecule has 0 atom stereocenters. The van der Waals surface area contributed by atoms with Crippen LogP contribution in [-0.2, 0) is 20.9 Å². The number of esters is 1. The quantitative estimate of drug-likeness (QED) is 0.821. The molecule has 0 amide bonds. The van der Waals surface area contributed by atoms with E-state index in [-0.39, 0.29) is 17.9 Å². The maximum Gasteiger partial charge on any atom is 0.490 e. The van der Waals surface area contributed by atoms with E-state index in [4.69, 9.17) is 20.4 Å². The molecule has 8 heteroatoms. The number of ether oxygens (including phenoxy) is 1. The van der Waals surface area contributed by atoms with E-state index in [1.165, 1.54) is 0 Å². The number of benzene rings is 1. The number of halogens is 3. The van der Waals surface area contributed by atoms with Crippen LogP contribution in [0.3, 0.4) is 0 Å². The van der Waals surface area contributed by atoms with Crippen molar-refractivity contribution in [2.75, 3.05) is 0 Å². The minimum Gasteiger partial charge on any atom is -0.475 e. The lowest BCUT2D eigenvalue weighted by Gasteiger charge is -2.24. The van der Waals surface area contributed by atoms with Crippen LogP contribution in [0.2, 0.25) is 0 Å². The van der Waals surface area contributed by atoms with Crippen molar-refractivity contribution in [3.05, 3.63) is 35.9 Å². The van der Waals surface area contributed by atoms with Crippen molar-refractivity contribution >= 4 is 11.9 Å². The third-order valence-electron chi connectivity index (χ3n) is 3.57. The Kier molecular flexibility index (Phi) is 7.70. The van der Waals surface area contributed by atoms with Gasteiger partial charge in [-0.15, -0.1) is 0 Å². The topological polar surface area (TPSA) is 89.6 Å². The van der Waals surface area contributed by atoms with E-state index in [0.29, 0.717) is 6.61 Å². The van der Waals surface area contributed by atoms with Gasteiger partial charge in [-0.25, -0.2) is 4.79 Å². The Morgan fingerprint density at radius 1 is 1.12 bits per heavy atom. The predicted octanol–water partition coefficient (Wildman–Crippen LogP) is 2.88. The lowest BCUT2D eigenvalue weighted by Crippen LogP contribution is -2.30. The summed E-state index contributed by atoms with van der Waals surface area (Å²) >= 11 is 0. The summed E-state index contributed by atoms with van der Waals surface area (Å²) in [6.07, 6.45) is -1.47. The molecule has 0 radical (unpaired) electrons. The highest BCUT2D eigenvalue weighted by Crippen LogP contribution is 2.24. The second kappa shape index (κ2) is 9.27. The van der Waals surface area contributed by atoms with Crippen molar-refractivity contribution in [2.45, 2.75) is 44.5 Å². The SMILES string of the molecule is NC1CCC(C(=O)OCc2ccccc2)CC1.O=C(O)C(F)(F)F. The summed E-state index contributed by atoms with van der Waals surface area (Å²) in [5, 5.41) is 7.12. The van der Waals surface area contributed by atoms with E-state index in [2.05, 4.69) is 0 Å². The first-order valence-corrected chi connectivity index (χ1v) is 7.46. The van der Waals surface area contributed by atoms with Crippen molar-refractivity contribution in [3.8, 4) is 0 Å². The van der Waals surface area contributed by atoms with Gasteiger partial charge in [0.15, 0.2) is 0 Å². The van der Waals surface area contributed by atoms with Crippen molar-refractivity contribution < 1.29 is 32.6 Å². The molecule has 3 N–H and O–H groups in total. The van der Waals surface area contributed by atoms with Crippen LogP contribution in [0, 0.1) is 5.92 Å². The van der Waals surface area contributed by atoms with Crippen molar-refractivity contribution in [1.82, 2.24) is 0 Å². The van der Waals surface area contributed by atoms with Crippen LogP contribution in [0.15, 0.2) is 30.3 Å². The molecule has 24 heavy (non-hydrogen) atoms. The Morgan fingerprint density at radius 2 is 1.62 bits per heavy atom. The number of carboxylic acids is 1. The van der Waals surface area contributed by atoms with Crippen LogP contribution in [0.5, 0.6) is 0 Å². The summed E-state index contributed by atoms with van der Waals surface area (Å²) in [6.45, 7) is 0.377. The van der Waals surface area contributed by atoms with Gasteiger partial charge in [0.25, 0.3) is 0 Å². The van der Waals surface area contributed by atoms with E-state index < -0.39 is 12.1 Å². The van der Waals surface area contributed by atoms with E-state index in [1.54, 1.807) is 0 Å². The summed E-state index contributed by atoms with van der Waals surface area (Å²) in [4.78, 5) is 20.7. The average Bonchev–Trinajstić information content (AvgIpc) is 2.54. The Balaban J connectivity index is 0.000000351. The monoisotopic (exact) mass is 347 g/mol. The van der Waals surface area contributed by atoms with Crippen molar-refractivity contribution in [3.63, 3.8) is 0 Å². The number of rotatable bonds is 3. The van der Waals surface area contributed by atoms with Gasteiger partial charge < -0.3 is 15.6 Å². The molecule has 0 unspecified atom stereocenters. The van der Waals surface area contributed by atoms with E-state index in [9.17, 15) is 18.0 Å². The van der Waals surface area contributed by atoms with Crippen LogP contribution < -0.4 is 5.73 Å². The third-order valence-corrected chi connectivity index (χ3v) is 3.57. The number of nitrogens with two attached hydrogens (primary N) is 1. The predicted molar refractivity (Wildman–Crippen MR) is 79.9 cm³/mol. The molecule has 5 nitrogen and oxygen atoms in total. The minimum absolute atomic E-state index is 0.0542. The maximum absolute atomic E-state index is 11.8. The summed E-state index contributed by atoms with van der Waals surface area (Å²) in [5.41, 5.74) is 6.85. The molecule has 1 fully saturated rings. The highest BCUT2D eigenvalue weighted by atomic mass is 19.4. The van der Waals surface area contributed by atoms with Crippen LogP contribution in [0.1, 0.15) is 31.2 Å². The lowest BCUT2D eigenvalue weighted by molar-refractivity contribution is -0.192. The third kappa shape index (κ3) is 7.45. The number of hydrogen-bond donors (Lipinski definition) is 2. The van der Waals surface area contributed by atoms with Gasteiger partial charge in [-0.2, -0.15) is 13.2 Å². The van der Waals surface area contributed by atoms with E-state index in [0.717, 1.165) is 31.2 Å². The number of aliphatic carboxylic acids is 1. The molecule has 0 heterocycles. The van der Waals surface area contributed by atoms with Gasteiger partial charge >= 0.3 is 18.1 Å². The minimum atomic E-state index is -5.08. The zero-order valence-electron chi connectivity index (χ0n) is 13.0. The fourth-order valence-corrected chi connectivity index (χ4v) is 2.20. The number of carbonyl (C=O) groups excluding carboxylic acids is 1. The molecule has 0 bridgehead atoms. The summed E-state index contributed by atoms with van der Waals surface area (Å²) in [5.74, 6) is -2.77.